The van der Waals surface area contributed by atoms with Crippen molar-refractivity contribution < 1.29 is 23.8 Å². The molecule has 5 heteroatoms. The third-order valence-electron chi connectivity index (χ3n) is 6.89. The number of aliphatic hydroxyl groups excluding tert-OH is 1. The Morgan fingerprint density at radius 2 is 2.04 bits per heavy atom. The summed E-state index contributed by atoms with van der Waals surface area (Å²) >= 11 is 0. The van der Waals surface area contributed by atoms with Crippen LogP contribution in [0.3, 0.4) is 0 Å². The number of ether oxygens (including phenoxy) is 1. The Kier molecular flexibility index (Phi) is 5.10. The number of Topliss-reactive ketones (excluding diaryl/α,β-unsaturated/α-hetero) is 1. The second-order valence-corrected chi connectivity index (χ2v) is 8.90. The lowest BCUT2D eigenvalue weighted by Gasteiger charge is -2.58. The molecule has 2 aliphatic rings. The zero-order valence-corrected chi connectivity index (χ0v) is 16.9. The van der Waals surface area contributed by atoms with Gasteiger partial charge in [0.2, 0.25) is 0 Å². The summed E-state index contributed by atoms with van der Waals surface area (Å²) < 4.78 is 10.7. The number of rotatable bonds is 4. The number of furan rings is 1. The highest BCUT2D eigenvalue weighted by atomic mass is 16.5. The molecule has 4 atom stereocenters. The van der Waals surface area contributed by atoms with Crippen LogP contribution in [0.25, 0.3) is 0 Å². The molecule has 0 amide bonds. The molecule has 3 rings (SSSR count). The van der Waals surface area contributed by atoms with Gasteiger partial charge in [-0.1, -0.05) is 26.3 Å². The molecule has 5 nitrogen and oxygen atoms in total. The van der Waals surface area contributed by atoms with Crippen LogP contribution in [0, 0.1) is 16.7 Å². The maximum atomic E-state index is 12.9. The van der Waals surface area contributed by atoms with Gasteiger partial charge < -0.3 is 14.3 Å². The fourth-order valence-electron chi connectivity index (χ4n) is 5.61. The number of allylic oxidation sites excluding steroid dienone is 1. The van der Waals surface area contributed by atoms with Crippen LogP contribution in [0.5, 0.6) is 0 Å². The number of ketones is 1. The Morgan fingerprint density at radius 3 is 2.63 bits per heavy atom. The SMILES string of the molecule is CC(=O)O[C@@H]1CC[C@]2(C)C(CCc3ccoc3)=C(C)C(=O)[C@@H](O)[C@H]2C1(C)C. The van der Waals surface area contributed by atoms with Gasteiger partial charge in [-0.2, -0.15) is 0 Å². The second-order valence-electron chi connectivity index (χ2n) is 8.90. The molecule has 1 fully saturated rings. The summed E-state index contributed by atoms with van der Waals surface area (Å²) in [5.41, 5.74) is 2.10. The first-order valence-corrected chi connectivity index (χ1v) is 9.70. The predicted octanol–water partition coefficient (Wildman–Crippen LogP) is 3.85. The minimum absolute atomic E-state index is 0.198. The van der Waals surface area contributed by atoms with Crippen LogP contribution in [0.2, 0.25) is 0 Å². The minimum atomic E-state index is -1.07. The van der Waals surface area contributed by atoms with Gasteiger partial charge in [-0.15, -0.1) is 0 Å². The number of hydrogen-bond donors (Lipinski definition) is 1. The van der Waals surface area contributed by atoms with Crippen molar-refractivity contribution in [3.05, 3.63) is 35.3 Å². The lowest BCUT2D eigenvalue weighted by atomic mass is 9.48. The smallest absolute Gasteiger partial charge is 0.302 e. The van der Waals surface area contributed by atoms with Crippen molar-refractivity contribution in [2.75, 3.05) is 0 Å². The molecule has 148 valence electrons. The van der Waals surface area contributed by atoms with Gasteiger partial charge in [0.1, 0.15) is 12.2 Å². The molecule has 2 aliphatic carbocycles. The number of hydrogen-bond acceptors (Lipinski definition) is 5. The van der Waals surface area contributed by atoms with E-state index in [1.165, 1.54) is 6.92 Å². The van der Waals surface area contributed by atoms with E-state index in [1.54, 1.807) is 12.5 Å². The molecular formula is C22H30O5. The van der Waals surface area contributed by atoms with Crippen molar-refractivity contribution in [3.63, 3.8) is 0 Å². The molecule has 0 saturated heterocycles. The summed E-state index contributed by atoms with van der Waals surface area (Å²) in [6.45, 7) is 9.42. The molecule has 0 aliphatic heterocycles. The van der Waals surface area contributed by atoms with Gasteiger partial charge in [0.05, 0.1) is 12.5 Å². The molecule has 0 spiro atoms. The van der Waals surface area contributed by atoms with Crippen LogP contribution in [-0.2, 0) is 20.7 Å². The van der Waals surface area contributed by atoms with Crippen LogP contribution in [0.15, 0.2) is 34.2 Å². The molecule has 1 saturated carbocycles. The van der Waals surface area contributed by atoms with Gasteiger partial charge in [-0.25, -0.2) is 0 Å². The second kappa shape index (κ2) is 6.93. The van der Waals surface area contributed by atoms with E-state index in [-0.39, 0.29) is 29.2 Å². The van der Waals surface area contributed by atoms with Gasteiger partial charge in [-0.3, -0.25) is 9.59 Å². The Hall–Kier alpha value is -1.88. The van der Waals surface area contributed by atoms with Crippen molar-refractivity contribution in [1.82, 2.24) is 0 Å². The quantitative estimate of drug-likeness (QED) is 0.810. The van der Waals surface area contributed by atoms with Gasteiger partial charge in [0.25, 0.3) is 0 Å². The van der Waals surface area contributed by atoms with Crippen LogP contribution in [-0.4, -0.2) is 29.1 Å². The van der Waals surface area contributed by atoms with E-state index in [0.717, 1.165) is 36.8 Å². The average molecular weight is 374 g/mol. The zero-order valence-electron chi connectivity index (χ0n) is 16.9. The summed E-state index contributed by atoms with van der Waals surface area (Å²) in [5, 5.41) is 10.9. The number of carbonyl (C=O) groups excluding carboxylic acids is 2. The maximum absolute atomic E-state index is 12.9. The number of carbonyl (C=O) groups is 2. The van der Waals surface area contributed by atoms with Crippen molar-refractivity contribution >= 4 is 11.8 Å². The van der Waals surface area contributed by atoms with Gasteiger partial charge in [0.15, 0.2) is 5.78 Å². The molecule has 0 unspecified atom stereocenters. The van der Waals surface area contributed by atoms with Crippen LogP contribution in [0.1, 0.15) is 59.4 Å². The van der Waals surface area contributed by atoms with Crippen molar-refractivity contribution in [1.29, 1.82) is 0 Å². The van der Waals surface area contributed by atoms with E-state index in [4.69, 9.17) is 9.15 Å². The van der Waals surface area contributed by atoms with Crippen LogP contribution < -0.4 is 0 Å². The summed E-state index contributed by atoms with van der Waals surface area (Å²) in [6.07, 6.45) is 5.07. The fraction of sp³-hybridized carbons (Fsp3) is 0.636. The topological polar surface area (TPSA) is 76.7 Å². The minimum Gasteiger partial charge on any atom is -0.472 e. The Morgan fingerprint density at radius 1 is 1.33 bits per heavy atom. The first-order valence-electron chi connectivity index (χ1n) is 9.70. The van der Waals surface area contributed by atoms with Crippen LogP contribution >= 0.6 is 0 Å². The first kappa shape index (κ1) is 19.9. The van der Waals surface area contributed by atoms with Crippen LogP contribution in [0.4, 0.5) is 0 Å². The molecule has 0 aromatic carbocycles. The number of aryl methyl sites for hydroxylation is 1. The Labute approximate surface area is 160 Å². The van der Waals surface area contributed by atoms with Crippen molar-refractivity contribution in [2.24, 2.45) is 16.7 Å². The largest absolute Gasteiger partial charge is 0.472 e. The predicted molar refractivity (Wildman–Crippen MR) is 101 cm³/mol. The molecule has 0 radical (unpaired) electrons. The van der Waals surface area contributed by atoms with E-state index in [9.17, 15) is 14.7 Å². The monoisotopic (exact) mass is 374 g/mol. The van der Waals surface area contributed by atoms with Gasteiger partial charge in [0, 0.05) is 18.3 Å². The summed E-state index contributed by atoms with van der Waals surface area (Å²) in [6, 6.07) is 1.94. The van der Waals surface area contributed by atoms with E-state index in [2.05, 4.69) is 6.92 Å². The van der Waals surface area contributed by atoms with Crippen molar-refractivity contribution in [2.45, 2.75) is 72.5 Å². The summed E-state index contributed by atoms with van der Waals surface area (Å²) in [5.74, 6) is -0.810. The van der Waals surface area contributed by atoms with E-state index in [0.29, 0.717) is 5.57 Å². The highest BCUT2D eigenvalue weighted by molar-refractivity contribution is 6.00. The summed E-state index contributed by atoms with van der Waals surface area (Å²) in [4.78, 5) is 24.4. The fourth-order valence-corrected chi connectivity index (χ4v) is 5.61. The number of esters is 1. The van der Waals surface area contributed by atoms with E-state index < -0.39 is 11.5 Å². The summed E-state index contributed by atoms with van der Waals surface area (Å²) in [7, 11) is 0. The highest BCUT2D eigenvalue weighted by Crippen LogP contribution is 2.60. The average Bonchev–Trinajstić information content (AvgIpc) is 3.08. The van der Waals surface area contributed by atoms with E-state index in [1.807, 2.05) is 26.8 Å². The number of aliphatic hydroxyl groups is 1. The Bertz CT molecular complexity index is 758. The normalized spacial score (nSPS) is 33.0. The molecule has 1 N–H and O–H groups in total. The maximum Gasteiger partial charge on any atom is 0.302 e. The van der Waals surface area contributed by atoms with Crippen molar-refractivity contribution in [3.8, 4) is 0 Å². The third kappa shape index (κ3) is 3.27. The zero-order chi connectivity index (χ0) is 20.0. The molecule has 1 heterocycles. The highest BCUT2D eigenvalue weighted by Gasteiger charge is 2.60. The van der Waals surface area contributed by atoms with Gasteiger partial charge >= 0.3 is 5.97 Å². The molecule has 27 heavy (non-hydrogen) atoms. The van der Waals surface area contributed by atoms with E-state index >= 15 is 0 Å². The molecule has 1 aromatic rings. The number of fused-ring (bicyclic) bond motifs is 1. The Balaban J connectivity index is 1.98. The molecule has 1 aromatic heterocycles. The third-order valence-corrected chi connectivity index (χ3v) is 6.89. The standard InChI is InChI=1S/C22H30O5/c1-13-16(7-6-15-9-11-26-12-15)22(5)10-8-17(27-14(2)23)21(3,4)20(22)19(25)18(13)24/h9,11-12,17,19-20,25H,6-8,10H2,1-5H3/t17-,19-,20+,22-/m1/s1. The molecular weight excluding hydrogens is 344 g/mol. The first-order chi connectivity index (χ1) is 12.6. The molecule has 0 bridgehead atoms. The lowest BCUT2D eigenvalue weighted by molar-refractivity contribution is -0.178. The van der Waals surface area contributed by atoms with Gasteiger partial charge in [-0.05, 0) is 55.2 Å². The lowest BCUT2D eigenvalue weighted by Crippen LogP contribution is -2.60.